The molecule has 0 saturated heterocycles. The van der Waals surface area contributed by atoms with Crippen molar-refractivity contribution in [3.05, 3.63) is 0 Å². The van der Waals surface area contributed by atoms with Crippen LogP contribution in [0.1, 0.15) is 20.3 Å². The van der Waals surface area contributed by atoms with Crippen LogP contribution in [-0.2, 0) is 0 Å². The van der Waals surface area contributed by atoms with Crippen LogP contribution < -0.4 is 0 Å². The van der Waals surface area contributed by atoms with Gasteiger partial charge in [0.15, 0.2) is 0 Å². The second-order valence-electron chi connectivity index (χ2n) is 2.76. The second kappa shape index (κ2) is 5.15. The van der Waals surface area contributed by atoms with Gasteiger partial charge in [-0.05, 0) is 11.8 Å². The lowest BCUT2D eigenvalue weighted by molar-refractivity contribution is 0.370. The van der Waals surface area contributed by atoms with E-state index in [1.807, 2.05) is 0 Å². The summed E-state index contributed by atoms with van der Waals surface area (Å²) in [5.74, 6) is 0. The van der Waals surface area contributed by atoms with Crippen LogP contribution in [0.3, 0.4) is 0 Å². The predicted octanol–water partition coefficient (Wildman–Crippen LogP) is 3.96. The Hall–Kier alpha value is 1.44. The van der Waals surface area contributed by atoms with Crippen molar-refractivity contribution in [2.24, 2.45) is 5.41 Å². The maximum atomic E-state index is 3.64. The third-order valence-corrected chi connectivity index (χ3v) is 6.23. The van der Waals surface area contributed by atoms with Crippen LogP contribution in [0.25, 0.3) is 0 Å². The zero-order chi connectivity index (χ0) is 8.20. The van der Waals surface area contributed by atoms with Crippen molar-refractivity contribution in [2.45, 2.75) is 25.1 Å². The summed E-state index contributed by atoms with van der Waals surface area (Å²) in [6.45, 7) is 4.50. The minimum absolute atomic E-state index is 0.378. The lowest BCUT2D eigenvalue weighted by atomic mass is 9.87. The summed E-state index contributed by atoms with van der Waals surface area (Å²) < 4.78 is 0. The van der Waals surface area contributed by atoms with Gasteiger partial charge < -0.3 is 0 Å². The van der Waals surface area contributed by atoms with Gasteiger partial charge in [0.1, 0.15) is 0 Å². The molecule has 0 aliphatic carbocycles. The van der Waals surface area contributed by atoms with E-state index in [0.29, 0.717) is 10.2 Å². The summed E-state index contributed by atoms with van der Waals surface area (Å²) in [6.07, 6.45) is 1.19. The molecular weight excluding hydrogens is 324 g/mol. The third-order valence-electron chi connectivity index (χ3n) is 2.00. The molecule has 62 valence electrons. The average molecular weight is 337 g/mol. The van der Waals surface area contributed by atoms with Crippen molar-refractivity contribution in [1.29, 1.82) is 0 Å². The number of hydrogen-bond donors (Lipinski definition) is 0. The van der Waals surface area contributed by atoms with Crippen LogP contribution in [0.2, 0.25) is 0 Å². The van der Waals surface area contributed by atoms with Gasteiger partial charge in [-0.3, -0.25) is 0 Å². The van der Waals surface area contributed by atoms with Crippen LogP contribution >= 0.6 is 47.8 Å². The van der Waals surface area contributed by atoms with Crippen molar-refractivity contribution in [3.63, 3.8) is 0 Å². The van der Waals surface area contributed by atoms with E-state index in [2.05, 4.69) is 61.6 Å². The van der Waals surface area contributed by atoms with Gasteiger partial charge in [0, 0.05) is 15.5 Å². The van der Waals surface area contributed by atoms with E-state index in [0.717, 1.165) is 10.7 Å². The van der Waals surface area contributed by atoms with E-state index in [9.17, 15) is 0 Å². The monoisotopic (exact) mass is 334 g/mol. The van der Waals surface area contributed by atoms with E-state index >= 15 is 0 Å². The van der Waals surface area contributed by atoms with Crippen molar-refractivity contribution in [2.75, 3.05) is 10.7 Å². The van der Waals surface area contributed by atoms with Gasteiger partial charge in [-0.1, -0.05) is 61.6 Å². The highest BCUT2D eigenvalue weighted by Gasteiger charge is 2.28. The average Bonchev–Trinajstić information content (AvgIpc) is 2.01. The van der Waals surface area contributed by atoms with Gasteiger partial charge in [0.05, 0.1) is 0 Å². The van der Waals surface area contributed by atoms with E-state index < -0.39 is 0 Å². The lowest BCUT2D eigenvalue weighted by Gasteiger charge is -2.30. The molecule has 0 spiro atoms. The van der Waals surface area contributed by atoms with Crippen LogP contribution in [0.4, 0.5) is 0 Å². The van der Waals surface area contributed by atoms with E-state index in [-0.39, 0.29) is 0 Å². The van der Waals surface area contributed by atoms with Crippen molar-refractivity contribution in [3.8, 4) is 0 Å². The Kier molecular flexibility index (Phi) is 5.89. The van der Waals surface area contributed by atoms with Gasteiger partial charge >= 0.3 is 0 Å². The van der Waals surface area contributed by atoms with Gasteiger partial charge in [0.25, 0.3) is 0 Å². The molecule has 0 aromatic heterocycles. The van der Waals surface area contributed by atoms with Gasteiger partial charge in [-0.2, -0.15) is 0 Å². The molecule has 0 aliphatic heterocycles. The molecule has 0 aromatic rings. The lowest BCUT2D eigenvalue weighted by Crippen LogP contribution is -2.29. The zero-order valence-corrected chi connectivity index (χ0v) is 11.1. The fourth-order valence-corrected chi connectivity index (χ4v) is 3.07. The van der Waals surface area contributed by atoms with Gasteiger partial charge in [-0.25, -0.2) is 0 Å². The summed E-state index contributed by atoms with van der Waals surface area (Å²) in [6, 6.07) is 0. The van der Waals surface area contributed by atoms with Crippen LogP contribution in [-0.4, -0.2) is 15.5 Å². The fraction of sp³-hybridized carbons (Fsp3) is 1.00. The molecule has 0 rings (SSSR count). The normalized spacial score (nSPS) is 20.1. The number of alkyl halides is 3. The molecule has 3 heteroatoms. The minimum atomic E-state index is 0.378. The molecule has 0 bridgehead atoms. The molecule has 0 N–H and O–H groups in total. The van der Waals surface area contributed by atoms with Crippen LogP contribution in [0.15, 0.2) is 0 Å². The first-order chi connectivity index (χ1) is 4.60. The van der Waals surface area contributed by atoms with E-state index in [1.165, 1.54) is 6.42 Å². The quantitative estimate of drug-likeness (QED) is 0.682. The van der Waals surface area contributed by atoms with Gasteiger partial charge in [-0.15, -0.1) is 0 Å². The highest BCUT2D eigenvalue weighted by Crippen LogP contribution is 2.34. The highest BCUT2D eigenvalue weighted by molar-refractivity contribution is 9.12. The molecule has 0 heterocycles. The summed E-state index contributed by atoms with van der Waals surface area (Å²) in [4.78, 5) is 0.560. The van der Waals surface area contributed by atoms with Crippen LogP contribution in [0, 0.1) is 5.41 Å². The molecule has 2 unspecified atom stereocenters. The Morgan fingerprint density at radius 2 is 1.90 bits per heavy atom. The third kappa shape index (κ3) is 2.82. The summed E-state index contributed by atoms with van der Waals surface area (Å²) in [5.41, 5.74) is 0.378. The smallest absolute Gasteiger partial charge is 0.0304 e. The molecule has 0 aromatic carbocycles. The topological polar surface area (TPSA) is 0 Å². The SMILES string of the molecule is CCC(C)(CBr)C(Br)CBr. The number of rotatable bonds is 4. The fourth-order valence-electron chi connectivity index (χ4n) is 0.586. The first kappa shape index (κ1) is 11.4. The summed E-state index contributed by atoms with van der Waals surface area (Å²) in [7, 11) is 0. The molecule has 0 nitrogen and oxygen atoms in total. The maximum absolute atomic E-state index is 3.64. The Bertz CT molecular complexity index is 88.9. The van der Waals surface area contributed by atoms with Crippen molar-refractivity contribution in [1.82, 2.24) is 0 Å². The number of hydrogen-bond acceptors (Lipinski definition) is 0. The Morgan fingerprint density at radius 1 is 1.40 bits per heavy atom. The Labute approximate surface area is 88.5 Å². The van der Waals surface area contributed by atoms with Gasteiger partial charge in [0.2, 0.25) is 0 Å². The molecule has 0 saturated carbocycles. The van der Waals surface area contributed by atoms with E-state index in [1.54, 1.807) is 0 Å². The summed E-state index contributed by atoms with van der Waals surface area (Å²) >= 11 is 10.6. The molecule has 2 atom stereocenters. The molecule has 0 amide bonds. The Balaban J connectivity index is 4.02. The first-order valence-corrected chi connectivity index (χ1v) is 6.52. The first-order valence-electron chi connectivity index (χ1n) is 3.36. The predicted molar refractivity (Wildman–Crippen MR) is 58.7 cm³/mol. The molecule has 10 heavy (non-hydrogen) atoms. The molecule has 0 aliphatic rings. The summed E-state index contributed by atoms with van der Waals surface area (Å²) in [5, 5.41) is 2.07. The zero-order valence-electron chi connectivity index (χ0n) is 6.33. The van der Waals surface area contributed by atoms with Crippen LogP contribution in [0.5, 0.6) is 0 Å². The number of halogens is 3. The molecular formula is C7H13Br3. The standard InChI is InChI=1S/C7H13Br3/c1-3-7(2,5-9)6(10)4-8/h6H,3-5H2,1-2H3. The highest BCUT2D eigenvalue weighted by atomic mass is 79.9. The van der Waals surface area contributed by atoms with Crippen molar-refractivity contribution < 1.29 is 0 Å². The molecule has 0 radical (unpaired) electrons. The minimum Gasteiger partial charge on any atom is -0.0922 e. The maximum Gasteiger partial charge on any atom is 0.0304 e. The Morgan fingerprint density at radius 3 is 2.00 bits per heavy atom. The van der Waals surface area contributed by atoms with E-state index in [4.69, 9.17) is 0 Å². The van der Waals surface area contributed by atoms with Crippen molar-refractivity contribution >= 4 is 47.8 Å². The molecule has 0 fully saturated rings. The largest absolute Gasteiger partial charge is 0.0922 e. The second-order valence-corrected chi connectivity index (χ2v) is 5.08.